The van der Waals surface area contributed by atoms with Gasteiger partial charge in [-0.15, -0.1) is 0 Å². The van der Waals surface area contributed by atoms with E-state index < -0.39 is 6.17 Å². The van der Waals surface area contributed by atoms with Gasteiger partial charge in [0.1, 0.15) is 6.17 Å². The zero-order valence-corrected chi connectivity index (χ0v) is 11.7. The summed E-state index contributed by atoms with van der Waals surface area (Å²) >= 11 is 0. The molecule has 0 saturated heterocycles. The average Bonchev–Trinajstić information content (AvgIpc) is 2.94. The van der Waals surface area contributed by atoms with E-state index in [0.29, 0.717) is 0 Å². The van der Waals surface area contributed by atoms with Gasteiger partial charge in [-0.3, -0.25) is 0 Å². The lowest BCUT2D eigenvalue weighted by molar-refractivity contribution is 0.114. The lowest BCUT2D eigenvalue weighted by atomic mass is 9.68. The molecule has 3 rings (SSSR count). The maximum absolute atomic E-state index is 13.2. The summed E-state index contributed by atoms with van der Waals surface area (Å²) in [5, 5.41) is 0. The minimum absolute atomic E-state index is 0.476. The molecule has 0 heterocycles. The molecule has 3 fully saturated rings. The van der Waals surface area contributed by atoms with Crippen molar-refractivity contribution in [2.24, 2.45) is 23.7 Å². The van der Waals surface area contributed by atoms with Gasteiger partial charge in [-0.1, -0.05) is 25.7 Å². The highest BCUT2D eigenvalue weighted by atomic mass is 19.1. The van der Waals surface area contributed by atoms with Gasteiger partial charge in [-0.2, -0.15) is 0 Å². The molecule has 3 saturated carbocycles. The molecule has 18 heavy (non-hydrogen) atoms. The predicted molar refractivity (Wildman–Crippen MR) is 74.3 cm³/mol. The van der Waals surface area contributed by atoms with Crippen molar-refractivity contribution in [3.63, 3.8) is 0 Å². The van der Waals surface area contributed by atoms with Crippen molar-refractivity contribution in [3.05, 3.63) is 0 Å². The van der Waals surface area contributed by atoms with Gasteiger partial charge in [-0.25, -0.2) is 4.39 Å². The van der Waals surface area contributed by atoms with Gasteiger partial charge < -0.3 is 0 Å². The number of hydrogen-bond acceptors (Lipinski definition) is 0. The molecule has 3 aliphatic carbocycles. The van der Waals surface area contributed by atoms with Crippen molar-refractivity contribution in [1.29, 1.82) is 0 Å². The third-order valence-electron chi connectivity index (χ3n) is 6.25. The van der Waals surface area contributed by atoms with Crippen molar-refractivity contribution in [2.45, 2.75) is 83.2 Å². The fourth-order valence-corrected chi connectivity index (χ4v) is 5.07. The van der Waals surface area contributed by atoms with E-state index in [9.17, 15) is 4.39 Å². The van der Waals surface area contributed by atoms with Crippen molar-refractivity contribution in [1.82, 2.24) is 0 Å². The Balaban J connectivity index is 1.44. The Morgan fingerprint density at radius 3 is 1.22 bits per heavy atom. The molecule has 0 spiro atoms. The molecular formula is C17H29F. The Morgan fingerprint density at radius 2 is 0.778 bits per heavy atom. The third-order valence-corrected chi connectivity index (χ3v) is 6.25. The Kier molecular flexibility index (Phi) is 4.26. The summed E-state index contributed by atoms with van der Waals surface area (Å²) in [5.41, 5.74) is 0. The molecule has 0 radical (unpaired) electrons. The summed E-state index contributed by atoms with van der Waals surface area (Å²) < 4.78 is 13.2. The summed E-state index contributed by atoms with van der Waals surface area (Å²) in [5.74, 6) is 3.96. The lowest BCUT2D eigenvalue weighted by Crippen LogP contribution is -2.28. The van der Waals surface area contributed by atoms with E-state index in [1.165, 1.54) is 64.2 Å². The SMILES string of the molecule is FC1CCC(C2CCC(C3CCCC3)CC2)CC1. The molecule has 3 aliphatic rings. The van der Waals surface area contributed by atoms with E-state index in [1.54, 1.807) is 0 Å². The summed E-state index contributed by atoms with van der Waals surface area (Å²) in [6.45, 7) is 0. The zero-order valence-electron chi connectivity index (χ0n) is 11.7. The minimum atomic E-state index is -0.476. The first kappa shape index (κ1) is 12.9. The van der Waals surface area contributed by atoms with Crippen molar-refractivity contribution < 1.29 is 4.39 Å². The molecule has 0 aromatic rings. The molecule has 0 amide bonds. The molecule has 0 aromatic heterocycles. The van der Waals surface area contributed by atoms with Crippen molar-refractivity contribution in [3.8, 4) is 0 Å². The van der Waals surface area contributed by atoms with Gasteiger partial charge in [-0.05, 0) is 75.0 Å². The molecular weight excluding hydrogens is 223 g/mol. The first-order valence-corrected chi connectivity index (χ1v) is 8.47. The van der Waals surface area contributed by atoms with E-state index in [-0.39, 0.29) is 0 Å². The van der Waals surface area contributed by atoms with Crippen LogP contribution in [0.2, 0.25) is 0 Å². The van der Waals surface area contributed by atoms with Gasteiger partial charge in [0.05, 0.1) is 0 Å². The summed E-state index contributed by atoms with van der Waals surface area (Å²) in [6, 6.07) is 0. The van der Waals surface area contributed by atoms with Gasteiger partial charge in [0.15, 0.2) is 0 Å². The molecule has 0 aromatic carbocycles. The maximum Gasteiger partial charge on any atom is 0.100 e. The minimum Gasteiger partial charge on any atom is -0.247 e. The second kappa shape index (κ2) is 5.92. The van der Waals surface area contributed by atoms with Crippen LogP contribution in [0.25, 0.3) is 0 Å². The highest BCUT2D eigenvalue weighted by Crippen LogP contribution is 2.45. The van der Waals surface area contributed by atoms with Crippen LogP contribution in [0, 0.1) is 23.7 Å². The molecule has 1 heteroatoms. The predicted octanol–water partition coefficient (Wildman–Crippen LogP) is 5.51. The average molecular weight is 252 g/mol. The standard InChI is InChI=1S/C17H29F/c18-17-11-9-16(10-12-17)15-7-5-14(6-8-15)13-3-1-2-4-13/h13-17H,1-12H2. The lowest BCUT2D eigenvalue weighted by Gasteiger charge is -2.38. The summed E-state index contributed by atoms with van der Waals surface area (Å²) in [7, 11) is 0. The van der Waals surface area contributed by atoms with Crippen LogP contribution in [0.4, 0.5) is 4.39 Å². The van der Waals surface area contributed by atoms with E-state index in [0.717, 1.165) is 36.5 Å². The fraction of sp³-hybridized carbons (Fsp3) is 1.00. The highest BCUT2D eigenvalue weighted by molar-refractivity contribution is 4.85. The Morgan fingerprint density at radius 1 is 0.444 bits per heavy atom. The molecule has 0 unspecified atom stereocenters. The topological polar surface area (TPSA) is 0 Å². The summed E-state index contributed by atoms with van der Waals surface area (Å²) in [6.07, 6.45) is 15.5. The second-order valence-corrected chi connectivity index (χ2v) is 7.23. The largest absolute Gasteiger partial charge is 0.247 e. The van der Waals surface area contributed by atoms with E-state index >= 15 is 0 Å². The fourth-order valence-electron chi connectivity index (χ4n) is 5.07. The van der Waals surface area contributed by atoms with Crippen LogP contribution >= 0.6 is 0 Å². The van der Waals surface area contributed by atoms with Crippen LogP contribution in [0.5, 0.6) is 0 Å². The van der Waals surface area contributed by atoms with E-state index in [2.05, 4.69) is 0 Å². The second-order valence-electron chi connectivity index (χ2n) is 7.23. The highest BCUT2D eigenvalue weighted by Gasteiger charge is 2.33. The number of alkyl halides is 1. The number of halogens is 1. The van der Waals surface area contributed by atoms with Crippen LogP contribution in [-0.2, 0) is 0 Å². The van der Waals surface area contributed by atoms with E-state index in [4.69, 9.17) is 0 Å². The first-order valence-electron chi connectivity index (χ1n) is 8.47. The zero-order chi connectivity index (χ0) is 12.4. The van der Waals surface area contributed by atoms with Crippen LogP contribution in [-0.4, -0.2) is 6.17 Å². The van der Waals surface area contributed by atoms with Crippen LogP contribution in [0.1, 0.15) is 77.0 Å². The van der Waals surface area contributed by atoms with Crippen molar-refractivity contribution >= 4 is 0 Å². The molecule has 0 bridgehead atoms. The van der Waals surface area contributed by atoms with Gasteiger partial charge >= 0.3 is 0 Å². The van der Waals surface area contributed by atoms with Crippen LogP contribution in [0.15, 0.2) is 0 Å². The quantitative estimate of drug-likeness (QED) is 0.607. The Labute approximate surface area is 112 Å². The van der Waals surface area contributed by atoms with Gasteiger partial charge in [0, 0.05) is 0 Å². The Hall–Kier alpha value is -0.0700. The first-order chi connectivity index (χ1) is 8.83. The van der Waals surface area contributed by atoms with E-state index in [1.807, 2.05) is 0 Å². The molecule has 0 N–H and O–H groups in total. The van der Waals surface area contributed by atoms with Crippen LogP contribution < -0.4 is 0 Å². The molecule has 0 nitrogen and oxygen atoms in total. The van der Waals surface area contributed by atoms with Crippen molar-refractivity contribution in [2.75, 3.05) is 0 Å². The van der Waals surface area contributed by atoms with Crippen LogP contribution in [0.3, 0.4) is 0 Å². The third kappa shape index (κ3) is 2.91. The van der Waals surface area contributed by atoms with Gasteiger partial charge in [0.25, 0.3) is 0 Å². The maximum atomic E-state index is 13.2. The smallest absolute Gasteiger partial charge is 0.100 e. The number of hydrogen-bond donors (Lipinski definition) is 0. The molecule has 0 atom stereocenters. The summed E-state index contributed by atoms with van der Waals surface area (Å²) in [4.78, 5) is 0. The monoisotopic (exact) mass is 252 g/mol. The number of rotatable bonds is 2. The normalized spacial score (nSPS) is 43.2. The Bertz CT molecular complexity index is 240. The molecule has 0 aliphatic heterocycles. The molecule has 104 valence electrons. The van der Waals surface area contributed by atoms with Gasteiger partial charge in [0.2, 0.25) is 0 Å².